The summed E-state index contributed by atoms with van der Waals surface area (Å²) in [6, 6.07) is 14.0. The highest BCUT2D eigenvalue weighted by atomic mass is 16.1. The van der Waals surface area contributed by atoms with Crippen molar-refractivity contribution in [3.05, 3.63) is 48.0 Å². The van der Waals surface area contributed by atoms with Gasteiger partial charge >= 0.3 is 0 Å². The molecule has 0 aromatic heterocycles. The largest absolute Gasteiger partial charge is 0.309 e. The minimum absolute atomic E-state index is 0.244. The van der Waals surface area contributed by atoms with Crippen LogP contribution in [0.5, 0.6) is 0 Å². The summed E-state index contributed by atoms with van der Waals surface area (Å²) in [5, 5.41) is 2.20. The van der Waals surface area contributed by atoms with Gasteiger partial charge in [0.05, 0.1) is 0 Å². The van der Waals surface area contributed by atoms with Gasteiger partial charge in [-0.3, -0.25) is 4.79 Å². The molecule has 0 unspecified atom stereocenters. The zero-order valence-corrected chi connectivity index (χ0v) is 13.0. The van der Waals surface area contributed by atoms with E-state index in [4.69, 9.17) is 0 Å². The van der Waals surface area contributed by atoms with Crippen molar-refractivity contribution in [3.8, 4) is 0 Å². The molecule has 0 radical (unpaired) electrons. The summed E-state index contributed by atoms with van der Waals surface area (Å²) >= 11 is 0. The number of Topliss-reactive ketones (excluding diaryl/α,β-unsaturated/α-hetero) is 1. The average Bonchev–Trinajstić information content (AvgIpc) is 2.48. The Morgan fingerprint density at radius 3 is 2.35 bits per heavy atom. The summed E-state index contributed by atoms with van der Waals surface area (Å²) in [6.45, 7) is 4.95. The summed E-state index contributed by atoms with van der Waals surface area (Å²) in [4.78, 5) is 14.3. The Bertz CT molecular complexity index is 541. The van der Waals surface area contributed by atoms with Gasteiger partial charge in [-0.15, -0.1) is 0 Å². The van der Waals surface area contributed by atoms with Crippen molar-refractivity contribution in [3.63, 3.8) is 0 Å². The SMILES string of the molecule is CC.CN(C)CCCC(=O)c1cccc2ccccc12. The zero-order chi connectivity index (χ0) is 15.0. The summed E-state index contributed by atoms with van der Waals surface area (Å²) in [5.41, 5.74) is 0.854. The summed E-state index contributed by atoms with van der Waals surface area (Å²) in [5.74, 6) is 0.244. The van der Waals surface area contributed by atoms with E-state index in [1.807, 2.05) is 70.4 Å². The molecule has 0 spiro atoms. The molecular formula is C18H25NO. The maximum absolute atomic E-state index is 12.2. The molecule has 0 aliphatic rings. The fraction of sp³-hybridized carbons (Fsp3) is 0.389. The van der Waals surface area contributed by atoms with Crippen LogP contribution >= 0.6 is 0 Å². The second-order valence-electron chi connectivity index (χ2n) is 4.86. The Labute approximate surface area is 122 Å². The molecule has 0 bridgehead atoms. The Kier molecular flexibility index (Phi) is 6.96. The van der Waals surface area contributed by atoms with E-state index >= 15 is 0 Å². The van der Waals surface area contributed by atoms with Crippen LogP contribution in [0, 0.1) is 0 Å². The van der Waals surface area contributed by atoms with Crippen LogP contribution in [0.3, 0.4) is 0 Å². The van der Waals surface area contributed by atoms with E-state index in [1.54, 1.807) is 0 Å². The highest BCUT2D eigenvalue weighted by molar-refractivity contribution is 6.08. The lowest BCUT2D eigenvalue weighted by Crippen LogP contribution is -2.14. The van der Waals surface area contributed by atoms with E-state index in [-0.39, 0.29) is 5.78 Å². The van der Waals surface area contributed by atoms with E-state index in [1.165, 1.54) is 0 Å². The number of rotatable bonds is 5. The van der Waals surface area contributed by atoms with E-state index in [0.717, 1.165) is 29.3 Å². The number of hydrogen-bond donors (Lipinski definition) is 0. The van der Waals surface area contributed by atoms with Gasteiger partial charge in [0.1, 0.15) is 0 Å². The third kappa shape index (κ3) is 4.46. The van der Waals surface area contributed by atoms with Gasteiger partial charge < -0.3 is 4.90 Å². The summed E-state index contributed by atoms with van der Waals surface area (Å²) in [6.07, 6.45) is 1.53. The molecule has 0 aliphatic carbocycles. The number of ketones is 1. The van der Waals surface area contributed by atoms with Gasteiger partial charge in [-0.2, -0.15) is 0 Å². The molecule has 0 atom stereocenters. The van der Waals surface area contributed by atoms with Gasteiger partial charge in [0.15, 0.2) is 5.78 Å². The quantitative estimate of drug-likeness (QED) is 0.752. The molecule has 20 heavy (non-hydrogen) atoms. The van der Waals surface area contributed by atoms with Crippen LogP contribution in [0.2, 0.25) is 0 Å². The average molecular weight is 271 g/mol. The lowest BCUT2D eigenvalue weighted by atomic mass is 9.99. The van der Waals surface area contributed by atoms with Gasteiger partial charge in [-0.25, -0.2) is 0 Å². The molecule has 2 heteroatoms. The van der Waals surface area contributed by atoms with E-state index in [9.17, 15) is 4.79 Å². The van der Waals surface area contributed by atoms with Crippen LogP contribution < -0.4 is 0 Å². The van der Waals surface area contributed by atoms with Gasteiger partial charge in [0.2, 0.25) is 0 Å². The highest BCUT2D eigenvalue weighted by Gasteiger charge is 2.09. The van der Waals surface area contributed by atoms with Crippen LogP contribution in [0.1, 0.15) is 37.0 Å². The lowest BCUT2D eigenvalue weighted by molar-refractivity contribution is 0.0979. The molecule has 2 aromatic carbocycles. The second-order valence-corrected chi connectivity index (χ2v) is 4.86. The van der Waals surface area contributed by atoms with Crippen LogP contribution in [0.15, 0.2) is 42.5 Å². The highest BCUT2D eigenvalue weighted by Crippen LogP contribution is 2.20. The van der Waals surface area contributed by atoms with E-state index in [0.29, 0.717) is 6.42 Å². The normalized spacial score (nSPS) is 10.2. The number of hydrogen-bond acceptors (Lipinski definition) is 2. The van der Waals surface area contributed by atoms with Crippen LogP contribution in [-0.4, -0.2) is 31.3 Å². The standard InChI is InChI=1S/C16H19NO.C2H6/c1-17(2)12-6-11-16(18)15-10-5-8-13-7-3-4-9-14(13)15;1-2/h3-5,7-10H,6,11-12H2,1-2H3;1-2H3. The van der Waals surface area contributed by atoms with Gasteiger partial charge in [0, 0.05) is 12.0 Å². The molecule has 108 valence electrons. The van der Waals surface area contributed by atoms with Crippen molar-refractivity contribution in [2.75, 3.05) is 20.6 Å². The van der Waals surface area contributed by atoms with Crippen LogP contribution in [-0.2, 0) is 0 Å². The zero-order valence-electron chi connectivity index (χ0n) is 13.0. The Hall–Kier alpha value is -1.67. The van der Waals surface area contributed by atoms with Crippen molar-refractivity contribution in [1.29, 1.82) is 0 Å². The number of benzene rings is 2. The van der Waals surface area contributed by atoms with Crippen molar-refractivity contribution in [2.45, 2.75) is 26.7 Å². The molecule has 2 rings (SSSR count). The van der Waals surface area contributed by atoms with E-state index < -0.39 is 0 Å². The maximum atomic E-state index is 12.2. The molecular weight excluding hydrogens is 246 g/mol. The third-order valence-electron chi connectivity index (χ3n) is 3.10. The molecule has 2 aromatic rings. The van der Waals surface area contributed by atoms with Crippen LogP contribution in [0.25, 0.3) is 10.8 Å². The first kappa shape index (κ1) is 16.4. The van der Waals surface area contributed by atoms with Crippen molar-refractivity contribution >= 4 is 16.6 Å². The van der Waals surface area contributed by atoms with Crippen molar-refractivity contribution < 1.29 is 4.79 Å². The topological polar surface area (TPSA) is 20.3 Å². The number of carbonyl (C=O) groups is 1. The number of carbonyl (C=O) groups excluding carboxylic acids is 1. The molecule has 0 saturated carbocycles. The number of fused-ring (bicyclic) bond motifs is 1. The minimum Gasteiger partial charge on any atom is -0.309 e. The fourth-order valence-electron chi connectivity index (χ4n) is 2.16. The Morgan fingerprint density at radius 2 is 1.65 bits per heavy atom. The van der Waals surface area contributed by atoms with Gasteiger partial charge in [-0.1, -0.05) is 56.3 Å². The smallest absolute Gasteiger partial charge is 0.163 e. The second kappa shape index (κ2) is 8.49. The molecule has 0 saturated heterocycles. The number of nitrogens with zero attached hydrogens (tertiary/aromatic N) is 1. The Morgan fingerprint density at radius 1 is 1.00 bits per heavy atom. The summed E-state index contributed by atoms with van der Waals surface area (Å²) < 4.78 is 0. The maximum Gasteiger partial charge on any atom is 0.163 e. The molecule has 0 heterocycles. The first-order valence-electron chi connectivity index (χ1n) is 7.34. The van der Waals surface area contributed by atoms with Crippen LogP contribution in [0.4, 0.5) is 0 Å². The predicted octanol–water partition coefficient (Wildman–Crippen LogP) is 4.39. The van der Waals surface area contributed by atoms with Gasteiger partial charge in [-0.05, 0) is 37.8 Å². The van der Waals surface area contributed by atoms with Gasteiger partial charge in [0.25, 0.3) is 0 Å². The first-order chi connectivity index (χ1) is 9.68. The van der Waals surface area contributed by atoms with Crippen molar-refractivity contribution in [1.82, 2.24) is 4.90 Å². The molecule has 0 fully saturated rings. The molecule has 0 N–H and O–H groups in total. The summed E-state index contributed by atoms with van der Waals surface area (Å²) in [7, 11) is 4.06. The lowest BCUT2D eigenvalue weighted by Gasteiger charge is -2.09. The fourth-order valence-corrected chi connectivity index (χ4v) is 2.16. The molecule has 0 aliphatic heterocycles. The molecule has 0 amide bonds. The Balaban J connectivity index is 0.000000956. The predicted molar refractivity (Wildman–Crippen MR) is 87.4 cm³/mol. The molecule has 2 nitrogen and oxygen atoms in total. The monoisotopic (exact) mass is 271 g/mol. The van der Waals surface area contributed by atoms with Crippen molar-refractivity contribution in [2.24, 2.45) is 0 Å². The minimum atomic E-state index is 0.244. The first-order valence-corrected chi connectivity index (χ1v) is 7.34. The van der Waals surface area contributed by atoms with E-state index in [2.05, 4.69) is 4.90 Å². The third-order valence-corrected chi connectivity index (χ3v) is 3.10.